The fourth-order valence-corrected chi connectivity index (χ4v) is 3.79. The van der Waals surface area contributed by atoms with E-state index in [9.17, 15) is 4.79 Å². The van der Waals surface area contributed by atoms with Crippen LogP contribution in [0.1, 0.15) is 27.5 Å². The zero-order valence-corrected chi connectivity index (χ0v) is 14.2. The van der Waals surface area contributed by atoms with Gasteiger partial charge in [0.25, 0.3) is 5.91 Å². The van der Waals surface area contributed by atoms with Gasteiger partial charge in [0.1, 0.15) is 5.76 Å². The van der Waals surface area contributed by atoms with Gasteiger partial charge in [-0.15, -0.1) is 0 Å². The van der Waals surface area contributed by atoms with E-state index in [1.807, 2.05) is 42.4 Å². The average molecular weight is 330 g/mol. The molecule has 0 saturated carbocycles. The van der Waals surface area contributed by atoms with E-state index in [-0.39, 0.29) is 18.1 Å². The third-order valence-corrected chi connectivity index (χ3v) is 4.96. The number of morpholine rings is 1. The number of nitrogens with one attached hydrogen (secondary N) is 1. The number of rotatable bonds is 2. The van der Waals surface area contributed by atoms with Crippen molar-refractivity contribution in [2.24, 2.45) is 0 Å². The zero-order chi connectivity index (χ0) is 16.8. The van der Waals surface area contributed by atoms with Crippen LogP contribution in [0.4, 0.5) is 0 Å². The van der Waals surface area contributed by atoms with Gasteiger partial charge in [0.05, 0.1) is 24.3 Å². The maximum absolute atomic E-state index is 13.2. The van der Waals surface area contributed by atoms with Gasteiger partial charge in [-0.2, -0.15) is 0 Å². The summed E-state index contributed by atoms with van der Waals surface area (Å²) in [6, 6.07) is 3.93. The van der Waals surface area contributed by atoms with E-state index in [0.29, 0.717) is 19.0 Å². The second-order valence-electron chi connectivity index (χ2n) is 6.55. The number of carbonyl (C=O) groups is 1. The maximum atomic E-state index is 13.2. The highest BCUT2D eigenvalue weighted by molar-refractivity contribution is 5.96. The molecule has 4 rings (SSSR count). The fraction of sp³-hybridized carbons (Fsp3) is 0.529. The van der Waals surface area contributed by atoms with Gasteiger partial charge in [-0.3, -0.25) is 9.36 Å². The zero-order valence-electron chi connectivity index (χ0n) is 14.2. The minimum atomic E-state index is 0.0663. The Morgan fingerprint density at radius 1 is 1.29 bits per heavy atom. The molecule has 7 nitrogen and oxygen atoms in total. The van der Waals surface area contributed by atoms with E-state index in [1.54, 1.807) is 0 Å². The fourth-order valence-electron chi connectivity index (χ4n) is 3.79. The number of hydrogen-bond acceptors (Lipinski definition) is 5. The first-order chi connectivity index (χ1) is 11.6. The molecule has 2 fully saturated rings. The number of aromatic nitrogens is 2. The Bertz CT molecular complexity index is 779. The molecule has 0 aliphatic carbocycles. The van der Waals surface area contributed by atoms with Crippen LogP contribution in [-0.4, -0.2) is 58.9 Å². The van der Waals surface area contributed by atoms with Crippen molar-refractivity contribution in [2.45, 2.75) is 32.9 Å². The predicted octanol–water partition coefficient (Wildman–Crippen LogP) is 1.20. The number of ether oxygens (including phenoxy) is 1. The first kappa shape index (κ1) is 15.4. The van der Waals surface area contributed by atoms with E-state index in [0.717, 1.165) is 35.8 Å². The molecule has 1 amide bonds. The molecule has 2 aromatic rings. The lowest BCUT2D eigenvalue weighted by molar-refractivity contribution is -0.0365. The van der Waals surface area contributed by atoms with Gasteiger partial charge >= 0.3 is 0 Å². The van der Waals surface area contributed by atoms with Crippen LogP contribution in [0.25, 0.3) is 5.82 Å². The van der Waals surface area contributed by atoms with E-state index < -0.39 is 0 Å². The molecule has 4 heterocycles. The molecule has 0 aromatic carbocycles. The van der Waals surface area contributed by atoms with Crippen molar-refractivity contribution >= 4 is 5.91 Å². The molecule has 7 heteroatoms. The van der Waals surface area contributed by atoms with Crippen molar-refractivity contribution in [1.29, 1.82) is 0 Å². The minimum absolute atomic E-state index is 0.0663. The van der Waals surface area contributed by atoms with Gasteiger partial charge in [-0.25, -0.2) is 0 Å². The number of nitrogens with zero attached hydrogens (tertiary/aromatic N) is 3. The molecule has 0 spiro atoms. The number of aryl methyl sites for hydroxylation is 2. The number of carbonyl (C=O) groups excluding carboxylic acids is 1. The third kappa shape index (κ3) is 2.35. The van der Waals surface area contributed by atoms with E-state index in [2.05, 4.69) is 10.5 Å². The Hall–Kier alpha value is -2.12. The van der Waals surface area contributed by atoms with Crippen molar-refractivity contribution in [3.05, 3.63) is 34.8 Å². The monoisotopic (exact) mass is 330 g/mol. The van der Waals surface area contributed by atoms with Crippen LogP contribution < -0.4 is 5.32 Å². The molecule has 2 aromatic heterocycles. The number of fused-ring (bicyclic) bond motifs is 1. The summed E-state index contributed by atoms with van der Waals surface area (Å²) in [5, 5.41) is 7.39. The van der Waals surface area contributed by atoms with Gasteiger partial charge in [0.2, 0.25) is 0 Å². The Morgan fingerprint density at radius 3 is 2.88 bits per heavy atom. The Morgan fingerprint density at radius 2 is 2.12 bits per heavy atom. The second-order valence-corrected chi connectivity index (χ2v) is 6.55. The SMILES string of the molecule is Cc1cc(-n2c(C)cc(C(=O)N3CCO[C@H]4CNC[C@H]43)c2C)no1. The molecular weight excluding hydrogens is 308 g/mol. The molecular formula is C17H22N4O3. The summed E-state index contributed by atoms with van der Waals surface area (Å²) in [4.78, 5) is 15.1. The topological polar surface area (TPSA) is 72.5 Å². The Labute approximate surface area is 140 Å². The molecule has 0 bridgehead atoms. The van der Waals surface area contributed by atoms with E-state index in [4.69, 9.17) is 9.26 Å². The highest BCUT2D eigenvalue weighted by Gasteiger charge is 2.39. The van der Waals surface area contributed by atoms with E-state index >= 15 is 0 Å². The van der Waals surface area contributed by atoms with Crippen LogP contribution in [0, 0.1) is 20.8 Å². The molecule has 2 aliphatic heterocycles. The van der Waals surface area contributed by atoms with Crippen LogP contribution in [0.5, 0.6) is 0 Å². The maximum Gasteiger partial charge on any atom is 0.256 e. The Kier molecular flexibility index (Phi) is 3.69. The van der Waals surface area contributed by atoms with Crippen LogP contribution in [0.2, 0.25) is 0 Å². The molecule has 24 heavy (non-hydrogen) atoms. The van der Waals surface area contributed by atoms with Crippen molar-refractivity contribution in [3.8, 4) is 5.82 Å². The second kappa shape index (κ2) is 5.75. The minimum Gasteiger partial charge on any atom is -0.373 e. The van der Waals surface area contributed by atoms with Gasteiger partial charge < -0.3 is 19.5 Å². The van der Waals surface area contributed by atoms with Crippen molar-refractivity contribution in [1.82, 2.24) is 19.9 Å². The average Bonchev–Trinajstić information content (AvgIpc) is 3.26. The van der Waals surface area contributed by atoms with Crippen molar-refractivity contribution in [3.63, 3.8) is 0 Å². The molecule has 0 radical (unpaired) electrons. The number of amides is 1. The van der Waals surface area contributed by atoms with Gasteiger partial charge in [-0.05, 0) is 26.8 Å². The van der Waals surface area contributed by atoms with Crippen LogP contribution in [-0.2, 0) is 4.74 Å². The summed E-state index contributed by atoms with van der Waals surface area (Å²) < 4.78 is 12.9. The van der Waals surface area contributed by atoms with Crippen LogP contribution >= 0.6 is 0 Å². The van der Waals surface area contributed by atoms with Crippen molar-refractivity contribution < 1.29 is 14.1 Å². The van der Waals surface area contributed by atoms with Gasteiger partial charge in [-0.1, -0.05) is 5.16 Å². The summed E-state index contributed by atoms with van der Waals surface area (Å²) in [5.41, 5.74) is 2.58. The lowest BCUT2D eigenvalue weighted by Crippen LogP contribution is -2.53. The standard InChI is InChI=1S/C17H22N4O3/c1-10-6-13(12(3)21(10)16-7-11(2)24-19-16)17(22)20-4-5-23-15-9-18-8-14(15)20/h6-7,14-15,18H,4-5,8-9H2,1-3H3/t14-,15+/m1/s1. The van der Waals surface area contributed by atoms with Crippen LogP contribution in [0.15, 0.2) is 16.7 Å². The molecule has 128 valence electrons. The Balaban J connectivity index is 1.68. The quantitative estimate of drug-likeness (QED) is 0.896. The molecule has 0 unspecified atom stereocenters. The first-order valence-electron chi connectivity index (χ1n) is 8.32. The molecule has 2 saturated heterocycles. The summed E-state index contributed by atoms with van der Waals surface area (Å²) in [6.07, 6.45) is 0.101. The third-order valence-electron chi connectivity index (χ3n) is 4.96. The summed E-state index contributed by atoms with van der Waals surface area (Å²) in [7, 11) is 0. The predicted molar refractivity (Wildman–Crippen MR) is 87.5 cm³/mol. The first-order valence-corrected chi connectivity index (χ1v) is 8.32. The highest BCUT2D eigenvalue weighted by Crippen LogP contribution is 2.25. The smallest absolute Gasteiger partial charge is 0.256 e. The summed E-state index contributed by atoms with van der Waals surface area (Å²) in [5.74, 6) is 1.53. The summed E-state index contributed by atoms with van der Waals surface area (Å²) >= 11 is 0. The summed E-state index contributed by atoms with van der Waals surface area (Å²) in [6.45, 7) is 8.62. The normalized spacial score (nSPS) is 23.5. The highest BCUT2D eigenvalue weighted by atomic mass is 16.5. The lowest BCUT2D eigenvalue weighted by atomic mass is 10.1. The van der Waals surface area contributed by atoms with Gasteiger partial charge in [0.15, 0.2) is 5.82 Å². The van der Waals surface area contributed by atoms with Crippen molar-refractivity contribution in [2.75, 3.05) is 26.2 Å². The van der Waals surface area contributed by atoms with E-state index in [1.165, 1.54) is 0 Å². The molecule has 1 N–H and O–H groups in total. The van der Waals surface area contributed by atoms with Crippen LogP contribution in [0.3, 0.4) is 0 Å². The largest absolute Gasteiger partial charge is 0.373 e. The lowest BCUT2D eigenvalue weighted by Gasteiger charge is -2.37. The molecule has 2 atom stereocenters. The van der Waals surface area contributed by atoms with Gasteiger partial charge in [0, 0.05) is 37.1 Å². The number of hydrogen-bond donors (Lipinski definition) is 1. The molecule has 2 aliphatic rings.